The van der Waals surface area contributed by atoms with Gasteiger partial charge in [0.05, 0.1) is 16.1 Å². The third kappa shape index (κ3) is 4.18. The second kappa shape index (κ2) is 8.14. The number of hydrogen-bond acceptors (Lipinski definition) is 5. The van der Waals surface area contributed by atoms with Crippen molar-refractivity contribution in [2.24, 2.45) is 5.73 Å². The molecule has 3 aromatic rings. The number of likely N-dealkylation sites (tertiary alicyclic amines) is 1. The first-order valence-corrected chi connectivity index (χ1v) is 10.4. The summed E-state index contributed by atoms with van der Waals surface area (Å²) in [6, 6.07) is 7.39. The lowest BCUT2D eigenvalue weighted by Gasteiger charge is -2.32. The Kier molecular flexibility index (Phi) is 5.52. The van der Waals surface area contributed by atoms with Crippen molar-refractivity contribution in [2.45, 2.75) is 31.5 Å². The number of amides is 2. The predicted octanol–water partition coefficient (Wildman–Crippen LogP) is 3.49. The summed E-state index contributed by atoms with van der Waals surface area (Å²) in [5, 5.41) is 6.02. The molecule has 0 bridgehead atoms. The number of carbonyl (C=O) groups excluding carboxylic acids is 2. The van der Waals surface area contributed by atoms with Gasteiger partial charge in [-0.2, -0.15) is 13.2 Å². The average Bonchev–Trinajstić information content (AvgIpc) is 3.42. The van der Waals surface area contributed by atoms with Crippen molar-refractivity contribution in [3.05, 3.63) is 53.2 Å². The maximum absolute atomic E-state index is 13.2. The van der Waals surface area contributed by atoms with Crippen LogP contribution in [0.5, 0.6) is 0 Å². The Labute approximate surface area is 179 Å². The number of hydrogen-bond donors (Lipinski definition) is 1. The molecule has 1 unspecified atom stereocenters. The molecular weight excluding hydrogens is 431 g/mol. The molecule has 2 aromatic heterocycles. The van der Waals surface area contributed by atoms with E-state index in [9.17, 15) is 22.8 Å². The van der Waals surface area contributed by atoms with E-state index in [-0.39, 0.29) is 17.3 Å². The fraction of sp³-hybridized carbons (Fsp3) is 0.300. The number of rotatable bonds is 4. The number of nitrogens with zero attached hydrogens (tertiary/aromatic N) is 4. The first-order chi connectivity index (χ1) is 14.8. The highest BCUT2D eigenvalue weighted by atomic mass is 32.1. The van der Waals surface area contributed by atoms with Crippen LogP contribution in [0, 0.1) is 0 Å². The number of carbonyl (C=O) groups is 2. The third-order valence-corrected chi connectivity index (χ3v) is 5.92. The van der Waals surface area contributed by atoms with E-state index in [1.807, 2.05) is 0 Å². The van der Waals surface area contributed by atoms with Crippen molar-refractivity contribution in [1.82, 2.24) is 19.7 Å². The van der Waals surface area contributed by atoms with E-state index in [1.54, 1.807) is 17.5 Å². The fourth-order valence-corrected chi connectivity index (χ4v) is 4.26. The van der Waals surface area contributed by atoms with E-state index in [2.05, 4.69) is 10.1 Å². The second-order valence-electron chi connectivity index (χ2n) is 7.11. The van der Waals surface area contributed by atoms with Gasteiger partial charge in [-0.05, 0) is 48.9 Å². The Morgan fingerprint density at radius 3 is 2.65 bits per heavy atom. The molecule has 1 fully saturated rings. The van der Waals surface area contributed by atoms with Crippen molar-refractivity contribution in [3.63, 3.8) is 0 Å². The number of primary amides is 1. The number of aromatic nitrogens is 3. The van der Waals surface area contributed by atoms with Gasteiger partial charge in [0.1, 0.15) is 6.04 Å². The molecule has 2 amide bonds. The molecule has 31 heavy (non-hydrogen) atoms. The third-order valence-electron chi connectivity index (χ3n) is 5.05. The van der Waals surface area contributed by atoms with E-state index in [1.165, 1.54) is 33.1 Å². The largest absolute Gasteiger partial charge is 0.416 e. The highest BCUT2D eigenvalue weighted by Crippen LogP contribution is 2.32. The molecule has 1 aliphatic rings. The highest BCUT2D eigenvalue weighted by molar-refractivity contribution is 7.13. The van der Waals surface area contributed by atoms with Crippen LogP contribution in [0.1, 0.15) is 35.4 Å². The van der Waals surface area contributed by atoms with Crippen LogP contribution in [-0.4, -0.2) is 44.1 Å². The first kappa shape index (κ1) is 21.0. The topological polar surface area (TPSA) is 94.1 Å². The van der Waals surface area contributed by atoms with Gasteiger partial charge in [-0.15, -0.1) is 16.4 Å². The molecule has 4 rings (SSSR count). The minimum atomic E-state index is -4.53. The summed E-state index contributed by atoms with van der Waals surface area (Å²) in [6.45, 7) is 0.332. The summed E-state index contributed by atoms with van der Waals surface area (Å²) in [6.07, 6.45) is -2.60. The number of halogens is 3. The van der Waals surface area contributed by atoms with Gasteiger partial charge in [-0.25, -0.2) is 9.67 Å². The van der Waals surface area contributed by atoms with Gasteiger partial charge in [0.15, 0.2) is 5.82 Å². The monoisotopic (exact) mass is 449 g/mol. The van der Waals surface area contributed by atoms with Crippen LogP contribution < -0.4 is 5.73 Å². The normalized spacial score (nSPS) is 17.0. The van der Waals surface area contributed by atoms with Crippen LogP contribution in [0.15, 0.2) is 41.8 Å². The number of benzene rings is 1. The fourth-order valence-electron chi connectivity index (χ4n) is 3.56. The molecule has 11 heteroatoms. The lowest BCUT2D eigenvalue weighted by atomic mass is 10.0. The summed E-state index contributed by atoms with van der Waals surface area (Å²) in [5.41, 5.74) is 4.73. The molecule has 1 atom stereocenters. The van der Waals surface area contributed by atoms with Crippen LogP contribution in [0.2, 0.25) is 0 Å². The first-order valence-electron chi connectivity index (χ1n) is 9.54. The minimum absolute atomic E-state index is 0.120. The standard InChI is InChI=1S/C20H18F3N5O2S/c21-20(22,23)12-5-3-6-13(11-12)28-18(15-8-4-10-31-15)25-17(26-28)19(30)27-9-2-1-7-14(27)16(24)29/h3-6,8,10-11,14H,1-2,7,9H2,(H2,24,29). The summed E-state index contributed by atoms with van der Waals surface area (Å²) < 4.78 is 40.8. The van der Waals surface area contributed by atoms with Gasteiger partial charge in [0.2, 0.25) is 11.7 Å². The summed E-state index contributed by atoms with van der Waals surface area (Å²) >= 11 is 1.32. The zero-order valence-corrected chi connectivity index (χ0v) is 17.0. The molecule has 0 spiro atoms. The van der Waals surface area contributed by atoms with Gasteiger partial charge >= 0.3 is 6.18 Å². The quantitative estimate of drug-likeness (QED) is 0.660. The van der Waals surface area contributed by atoms with Crippen molar-refractivity contribution in [1.29, 1.82) is 0 Å². The van der Waals surface area contributed by atoms with E-state index in [4.69, 9.17) is 5.73 Å². The molecule has 0 aliphatic carbocycles. The number of piperidine rings is 1. The zero-order valence-electron chi connectivity index (χ0n) is 16.2. The molecule has 2 N–H and O–H groups in total. The van der Waals surface area contributed by atoms with Crippen LogP contribution in [-0.2, 0) is 11.0 Å². The molecule has 1 aliphatic heterocycles. The van der Waals surface area contributed by atoms with Crippen LogP contribution in [0.25, 0.3) is 16.4 Å². The Morgan fingerprint density at radius 2 is 1.97 bits per heavy atom. The van der Waals surface area contributed by atoms with Crippen LogP contribution in [0.4, 0.5) is 13.2 Å². The lowest BCUT2D eigenvalue weighted by molar-refractivity contribution is -0.137. The smallest absolute Gasteiger partial charge is 0.368 e. The number of thiophene rings is 1. The Bertz CT molecular complexity index is 1110. The lowest BCUT2D eigenvalue weighted by Crippen LogP contribution is -2.50. The van der Waals surface area contributed by atoms with Crippen LogP contribution in [0.3, 0.4) is 0 Å². The average molecular weight is 449 g/mol. The molecule has 1 aromatic carbocycles. The summed E-state index contributed by atoms with van der Waals surface area (Å²) in [5.74, 6) is -1.14. The molecule has 1 saturated heterocycles. The SMILES string of the molecule is NC(=O)C1CCCCN1C(=O)c1nc(-c2cccs2)n(-c2cccc(C(F)(F)F)c2)n1. The van der Waals surface area contributed by atoms with Crippen LogP contribution >= 0.6 is 11.3 Å². The van der Waals surface area contributed by atoms with E-state index >= 15 is 0 Å². The summed E-state index contributed by atoms with van der Waals surface area (Å²) in [4.78, 5) is 31.2. The summed E-state index contributed by atoms with van der Waals surface area (Å²) in [7, 11) is 0. The molecule has 7 nitrogen and oxygen atoms in total. The Hall–Kier alpha value is -3.21. The maximum atomic E-state index is 13.2. The van der Waals surface area contributed by atoms with Crippen molar-refractivity contribution in [2.75, 3.05) is 6.54 Å². The Morgan fingerprint density at radius 1 is 1.16 bits per heavy atom. The van der Waals surface area contributed by atoms with Gasteiger partial charge < -0.3 is 10.6 Å². The van der Waals surface area contributed by atoms with Crippen molar-refractivity contribution < 1.29 is 22.8 Å². The van der Waals surface area contributed by atoms with Gasteiger partial charge in [-0.1, -0.05) is 12.1 Å². The Balaban J connectivity index is 1.79. The zero-order chi connectivity index (χ0) is 22.2. The highest BCUT2D eigenvalue weighted by Gasteiger charge is 2.34. The van der Waals surface area contributed by atoms with Gasteiger partial charge in [0.25, 0.3) is 5.91 Å². The van der Waals surface area contributed by atoms with E-state index in [0.29, 0.717) is 24.3 Å². The van der Waals surface area contributed by atoms with Gasteiger partial charge in [-0.3, -0.25) is 9.59 Å². The van der Waals surface area contributed by atoms with Crippen molar-refractivity contribution in [3.8, 4) is 16.4 Å². The molecule has 0 radical (unpaired) electrons. The molecule has 3 heterocycles. The van der Waals surface area contributed by atoms with E-state index in [0.717, 1.165) is 18.6 Å². The molecule has 0 saturated carbocycles. The van der Waals surface area contributed by atoms with E-state index < -0.39 is 29.6 Å². The van der Waals surface area contributed by atoms with Gasteiger partial charge in [0, 0.05) is 6.54 Å². The maximum Gasteiger partial charge on any atom is 0.416 e. The molecule has 162 valence electrons. The minimum Gasteiger partial charge on any atom is -0.368 e. The molecular formula is C20H18F3N5O2S. The second-order valence-corrected chi connectivity index (χ2v) is 8.06. The predicted molar refractivity (Wildman–Crippen MR) is 108 cm³/mol. The van der Waals surface area contributed by atoms with Crippen molar-refractivity contribution >= 4 is 23.2 Å². The number of nitrogens with two attached hydrogens (primary N) is 1. The number of alkyl halides is 3.